The summed E-state index contributed by atoms with van der Waals surface area (Å²) in [7, 11) is 3.53. The van der Waals surface area contributed by atoms with E-state index in [1.165, 1.54) is 5.01 Å². The number of thioether (sulfide) groups is 1. The summed E-state index contributed by atoms with van der Waals surface area (Å²) in [6.07, 6.45) is 1.28. The number of thiazole rings is 1. The molecule has 0 saturated carbocycles. The maximum Gasteiger partial charge on any atom is 0.248 e. The van der Waals surface area contributed by atoms with Gasteiger partial charge in [0.25, 0.3) is 0 Å². The maximum atomic E-state index is 11.6. The van der Waals surface area contributed by atoms with Crippen molar-refractivity contribution in [2.75, 3.05) is 39.5 Å². The van der Waals surface area contributed by atoms with Crippen LogP contribution in [0.1, 0.15) is 17.1 Å². The van der Waals surface area contributed by atoms with Crippen LogP contribution in [0, 0.1) is 6.92 Å². The number of amides is 1. The number of carbonyl (C=O) groups is 1. The van der Waals surface area contributed by atoms with Crippen molar-refractivity contribution in [2.24, 2.45) is 0 Å². The first kappa shape index (κ1) is 16.2. The Labute approximate surface area is 140 Å². The van der Waals surface area contributed by atoms with Crippen LogP contribution in [0.15, 0.2) is 5.38 Å². The van der Waals surface area contributed by atoms with Crippen molar-refractivity contribution in [3.05, 3.63) is 16.1 Å². The Morgan fingerprint density at radius 2 is 2.32 bits per heavy atom. The van der Waals surface area contributed by atoms with Crippen LogP contribution in [0.5, 0.6) is 0 Å². The predicted molar refractivity (Wildman–Crippen MR) is 90.4 cm³/mol. The lowest BCUT2D eigenvalue weighted by Gasteiger charge is -2.47. The lowest BCUT2D eigenvalue weighted by molar-refractivity contribution is -0.135. The van der Waals surface area contributed by atoms with Crippen molar-refractivity contribution in [2.45, 2.75) is 30.7 Å². The Kier molecular flexibility index (Phi) is 4.77. The van der Waals surface area contributed by atoms with E-state index in [2.05, 4.69) is 15.3 Å². The number of carbonyl (C=O) groups excluding carboxylic acids is 1. The van der Waals surface area contributed by atoms with E-state index in [1.807, 2.05) is 18.7 Å². The molecule has 0 radical (unpaired) electrons. The second-order valence-electron chi connectivity index (χ2n) is 6.45. The number of ether oxygens (including phenoxy) is 1. The van der Waals surface area contributed by atoms with Crippen LogP contribution >= 0.6 is 23.1 Å². The number of hydrogen-bond acceptors (Lipinski definition) is 6. The Bertz CT molecular complexity index is 541. The van der Waals surface area contributed by atoms with E-state index in [0.717, 1.165) is 37.5 Å². The highest BCUT2D eigenvalue weighted by Crippen LogP contribution is 2.46. The maximum absolute atomic E-state index is 11.6. The van der Waals surface area contributed by atoms with E-state index < -0.39 is 0 Å². The second-order valence-corrected chi connectivity index (χ2v) is 8.88. The smallest absolute Gasteiger partial charge is 0.248 e. The molecule has 5 nitrogen and oxygen atoms in total. The molecule has 2 saturated heterocycles. The molecule has 3 heterocycles. The van der Waals surface area contributed by atoms with Crippen molar-refractivity contribution >= 4 is 29.0 Å². The van der Waals surface area contributed by atoms with Gasteiger partial charge >= 0.3 is 0 Å². The quantitative estimate of drug-likeness (QED) is 0.814. The summed E-state index contributed by atoms with van der Waals surface area (Å²) >= 11 is 3.76. The average molecular weight is 342 g/mol. The molecular formula is C15H23N3O2S2. The lowest BCUT2D eigenvalue weighted by atomic mass is 9.93. The molecule has 2 aliphatic rings. The molecule has 0 N–H and O–H groups in total. The van der Waals surface area contributed by atoms with Gasteiger partial charge in [0.15, 0.2) is 0 Å². The van der Waals surface area contributed by atoms with Crippen LogP contribution < -0.4 is 0 Å². The average Bonchev–Trinajstić information content (AvgIpc) is 3.02. The molecule has 2 aliphatic heterocycles. The first-order chi connectivity index (χ1) is 10.5. The van der Waals surface area contributed by atoms with E-state index in [1.54, 1.807) is 30.3 Å². The van der Waals surface area contributed by atoms with Gasteiger partial charge in [0.2, 0.25) is 5.91 Å². The monoisotopic (exact) mass is 341 g/mol. The van der Waals surface area contributed by atoms with Crippen molar-refractivity contribution in [3.63, 3.8) is 0 Å². The van der Waals surface area contributed by atoms with Gasteiger partial charge in [-0.1, -0.05) is 0 Å². The van der Waals surface area contributed by atoms with Crippen LogP contribution in [-0.4, -0.2) is 71.1 Å². The van der Waals surface area contributed by atoms with Gasteiger partial charge in [-0.05, 0) is 13.3 Å². The van der Waals surface area contributed by atoms with Gasteiger partial charge in [-0.25, -0.2) is 4.98 Å². The minimum Gasteiger partial charge on any atom is -0.367 e. The zero-order chi connectivity index (χ0) is 15.7. The topological polar surface area (TPSA) is 45.7 Å². The van der Waals surface area contributed by atoms with E-state index in [4.69, 9.17) is 4.74 Å². The molecule has 3 rings (SSSR count). The summed E-state index contributed by atoms with van der Waals surface area (Å²) in [5.41, 5.74) is 1.12. The summed E-state index contributed by atoms with van der Waals surface area (Å²) in [6, 6.07) is 0. The number of hydrogen-bond donors (Lipinski definition) is 0. The van der Waals surface area contributed by atoms with Crippen molar-refractivity contribution < 1.29 is 9.53 Å². The fraction of sp³-hybridized carbons (Fsp3) is 0.733. The summed E-state index contributed by atoms with van der Waals surface area (Å²) in [6.45, 7) is 5.43. The first-order valence-corrected chi connectivity index (χ1v) is 9.41. The molecule has 0 aromatic carbocycles. The van der Waals surface area contributed by atoms with Crippen LogP contribution in [-0.2, 0) is 16.1 Å². The fourth-order valence-corrected chi connectivity index (χ4v) is 5.41. The Balaban J connectivity index is 1.41. The Morgan fingerprint density at radius 3 is 2.95 bits per heavy atom. The third kappa shape index (κ3) is 3.64. The predicted octanol–water partition coefficient (Wildman–Crippen LogP) is 1.62. The van der Waals surface area contributed by atoms with Crippen molar-refractivity contribution in [1.82, 2.24) is 14.8 Å². The van der Waals surface area contributed by atoms with Crippen LogP contribution in [0.25, 0.3) is 0 Å². The molecule has 1 amide bonds. The standard InChI is InChI=1S/C15H23N3O2S2/c1-11-7-21-13(16-11)5-18-9-15(10-18)4-12(8-22-15)20-6-14(19)17(2)3/h7,12H,4-6,8-10H2,1-3H3. The molecular weight excluding hydrogens is 318 g/mol. The summed E-state index contributed by atoms with van der Waals surface area (Å²) in [5.74, 6) is 1.05. The lowest BCUT2D eigenvalue weighted by Crippen LogP contribution is -2.58. The molecule has 1 spiro atoms. The Morgan fingerprint density at radius 1 is 1.55 bits per heavy atom. The normalized spacial score (nSPS) is 23.7. The number of rotatable bonds is 5. The summed E-state index contributed by atoms with van der Waals surface area (Å²) < 4.78 is 6.12. The largest absolute Gasteiger partial charge is 0.367 e. The molecule has 1 atom stereocenters. The van der Waals surface area contributed by atoms with Gasteiger partial charge < -0.3 is 9.64 Å². The molecule has 0 aliphatic carbocycles. The van der Waals surface area contributed by atoms with E-state index in [0.29, 0.717) is 4.75 Å². The van der Waals surface area contributed by atoms with E-state index in [9.17, 15) is 4.79 Å². The zero-order valence-corrected chi connectivity index (χ0v) is 15.0. The van der Waals surface area contributed by atoms with Gasteiger partial charge in [0, 0.05) is 48.8 Å². The van der Waals surface area contributed by atoms with E-state index in [-0.39, 0.29) is 18.6 Å². The van der Waals surface area contributed by atoms with Gasteiger partial charge in [0.1, 0.15) is 11.6 Å². The highest BCUT2D eigenvalue weighted by molar-refractivity contribution is 8.01. The van der Waals surface area contributed by atoms with Gasteiger partial charge in [-0.15, -0.1) is 23.1 Å². The third-order valence-corrected chi connectivity index (χ3v) is 6.69. The molecule has 1 aromatic heterocycles. The molecule has 122 valence electrons. The number of aromatic nitrogens is 1. The third-order valence-electron chi connectivity index (χ3n) is 4.17. The highest BCUT2D eigenvalue weighted by atomic mass is 32.2. The minimum atomic E-state index is 0.0420. The second kappa shape index (κ2) is 6.47. The molecule has 0 bridgehead atoms. The number of aryl methyl sites for hydroxylation is 1. The number of nitrogens with zero attached hydrogens (tertiary/aromatic N) is 3. The zero-order valence-electron chi connectivity index (χ0n) is 13.4. The Hall–Kier alpha value is -0.630. The van der Waals surface area contributed by atoms with Crippen LogP contribution in [0.2, 0.25) is 0 Å². The molecule has 1 aromatic rings. The van der Waals surface area contributed by atoms with Crippen molar-refractivity contribution in [3.8, 4) is 0 Å². The number of likely N-dealkylation sites (N-methyl/N-ethyl adjacent to an activating group) is 1. The van der Waals surface area contributed by atoms with Crippen molar-refractivity contribution in [1.29, 1.82) is 0 Å². The molecule has 22 heavy (non-hydrogen) atoms. The van der Waals surface area contributed by atoms with Crippen LogP contribution in [0.3, 0.4) is 0 Å². The van der Waals surface area contributed by atoms with Gasteiger partial charge in [-0.2, -0.15) is 0 Å². The van der Waals surface area contributed by atoms with Gasteiger partial charge in [-0.3, -0.25) is 9.69 Å². The number of likely N-dealkylation sites (tertiary alicyclic amines) is 1. The fourth-order valence-electron chi connectivity index (χ4n) is 3.00. The molecule has 2 fully saturated rings. The first-order valence-electron chi connectivity index (χ1n) is 7.55. The minimum absolute atomic E-state index is 0.0420. The van der Waals surface area contributed by atoms with Crippen LogP contribution in [0.4, 0.5) is 0 Å². The SMILES string of the molecule is Cc1csc(CN2CC3(CC(OCC(=O)N(C)C)CS3)C2)n1. The van der Waals surface area contributed by atoms with E-state index >= 15 is 0 Å². The highest BCUT2D eigenvalue weighted by Gasteiger charge is 2.49. The molecule has 1 unspecified atom stereocenters. The van der Waals surface area contributed by atoms with Gasteiger partial charge in [0.05, 0.1) is 12.6 Å². The molecule has 7 heteroatoms. The summed E-state index contributed by atoms with van der Waals surface area (Å²) in [4.78, 5) is 20.2. The summed E-state index contributed by atoms with van der Waals surface area (Å²) in [5, 5.41) is 3.32.